The van der Waals surface area contributed by atoms with Crippen molar-refractivity contribution in [2.75, 3.05) is 27.2 Å². The normalized spacial score (nSPS) is 16.3. The molecular formula is C24H40N4O6. The van der Waals surface area contributed by atoms with Crippen LogP contribution in [0.5, 0.6) is 0 Å². The van der Waals surface area contributed by atoms with Crippen LogP contribution in [0.15, 0.2) is 12.2 Å². The van der Waals surface area contributed by atoms with Gasteiger partial charge in [0.1, 0.15) is 5.54 Å². The Balaban J connectivity index is 2.57. The van der Waals surface area contributed by atoms with Crippen LogP contribution in [0, 0.1) is 5.92 Å². The van der Waals surface area contributed by atoms with Gasteiger partial charge >= 0.3 is 0 Å². The van der Waals surface area contributed by atoms with E-state index in [-0.39, 0.29) is 49.9 Å². The highest BCUT2D eigenvalue weighted by molar-refractivity contribution is 6.12. The smallest absolute Gasteiger partial charge is 0.253 e. The predicted molar refractivity (Wildman–Crippen MR) is 127 cm³/mol. The third kappa shape index (κ3) is 7.93. The van der Waals surface area contributed by atoms with Crippen molar-refractivity contribution >= 4 is 29.5 Å². The molecule has 1 rings (SSSR count). The largest absolute Gasteiger partial charge is 0.379 e. The maximum Gasteiger partial charge on any atom is 0.253 e. The number of hydrogen-bond acceptors (Lipinski definition) is 6. The van der Waals surface area contributed by atoms with Gasteiger partial charge in [0.2, 0.25) is 17.7 Å². The number of nitrogens with one attached hydrogen (secondary N) is 2. The highest BCUT2D eigenvalue weighted by Gasteiger charge is 2.33. The van der Waals surface area contributed by atoms with Gasteiger partial charge in [-0.3, -0.25) is 28.9 Å². The molecule has 0 aromatic carbocycles. The number of rotatable bonds is 14. The van der Waals surface area contributed by atoms with E-state index < -0.39 is 29.2 Å². The zero-order valence-electron chi connectivity index (χ0n) is 21.5. The van der Waals surface area contributed by atoms with Crippen LogP contribution >= 0.6 is 0 Å². The molecule has 0 fully saturated rings. The average Bonchev–Trinajstić information content (AvgIpc) is 3.11. The van der Waals surface area contributed by atoms with Gasteiger partial charge in [-0.05, 0) is 32.6 Å². The van der Waals surface area contributed by atoms with Crippen LogP contribution in [0.25, 0.3) is 0 Å². The van der Waals surface area contributed by atoms with Gasteiger partial charge in [-0.1, -0.05) is 27.2 Å². The standard InChI is InChI=1S/C24H40N4O6/c1-8-16(3)22(17(9-2)34-7)27(6)21(32)15-25-23(33)24(4,5)26-18(29)11-10-14-28-19(30)12-13-20(28)31/h12-13,16-17,22H,8-11,14-15H2,1-7H3,(H,25,33)(H,26,29). The summed E-state index contributed by atoms with van der Waals surface area (Å²) in [7, 11) is 3.35. The van der Waals surface area contributed by atoms with Crippen LogP contribution in [0.2, 0.25) is 0 Å². The van der Waals surface area contributed by atoms with Crippen LogP contribution in [0.1, 0.15) is 60.3 Å². The van der Waals surface area contributed by atoms with Gasteiger partial charge in [-0.15, -0.1) is 0 Å². The summed E-state index contributed by atoms with van der Waals surface area (Å²) in [6, 6.07) is -0.123. The van der Waals surface area contributed by atoms with E-state index in [9.17, 15) is 24.0 Å². The van der Waals surface area contributed by atoms with Crippen molar-refractivity contribution in [3.63, 3.8) is 0 Å². The van der Waals surface area contributed by atoms with Crippen molar-refractivity contribution in [1.29, 1.82) is 0 Å². The Kier molecular flexibility index (Phi) is 11.4. The second-order valence-electron chi connectivity index (χ2n) is 9.18. The Labute approximate surface area is 202 Å². The lowest BCUT2D eigenvalue weighted by atomic mass is 9.91. The van der Waals surface area contributed by atoms with Gasteiger partial charge in [-0.25, -0.2) is 0 Å². The minimum Gasteiger partial charge on any atom is -0.379 e. The SMILES string of the molecule is CCC(C)C(C(CC)OC)N(C)C(=O)CNC(=O)C(C)(C)NC(=O)CCCN1C(=O)C=CC1=O. The summed E-state index contributed by atoms with van der Waals surface area (Å²) in [4.78, 5) is 63.6. The summed E-state index contributed by atoms with van der Waals surface area (Å²) in [5.74, 6) is -1.71. The molecule has 2 N–H and O–H groups in total. The maximum absolute atomic E-state index is 12.8. The van der Waals surface area contributed by atoms with Crippen LogP contribution < -0.4 is 10.6 Å². The summed E-state index contributed by atoms with van der Waals surface area (Å²) >= 11 is 0. The highest BCUT2D eigenvalue weighted by Crippen LogP contribution is 2.21. The third-order valence-corrected chi connectivity index (χ3v) is 6.26. The lowest BCUT2D eigenvalue weighted by Crippen LogP contribution is -2.57. The van der Waals surface area contributed by atoms with E-state index in [1.807, 2.05) is 6.92 Å². The number of likely N-dealkylation sites (N-methyl/N-ethyl adjacent to an activating group) is 1. The Morgan fingerprint density at radius 2 is 1.71 bits per heavy atom. The maximum atomic E-state index is 12.8. The predicted octanol–water partition coefficient (Wildman–Crippen LogP) is 1.00. The fourth-order valence-electron chi connectivity index (χ4n) is 3.97. The summed E-state index contributed by atoms with van der Waals surface area (Å²) in [5.41, 5.74) is -1.24. The molecule has 10 nitrogen and oxygen atoms in total. The zero-order chi connectivity index (χ0) is 26.1. The molecule has 0 bridgehead atoms. The Bertz CT molecular complexity index is 772. The van der Waals surface area contributed by atoms with E-state index in [1.54, 1.807) is 32.9 Å². The monoisotopic (exact) mass is 480 g/mol. The number of carbonyl (C=O) groups excluding carboxylic acids is 5. The van der Waals surface area contributed by atoms with Gasteiger partial charge in [0.15, 0.2) is 0 Å². The minimum atomic E-state index is -1.24. The number of ether oxygens (including phenoxy) is 1. The van der Waals surface area contributed by atoms with Crippen LogP contribution in [0.3, 0.4) is 0 Å². The number of hydrogen-bond donors (Lipinski definition) is 2. The molecule has 1 aliphatic rings. The van der Waals surface area contributed by atoms with E-state index in [2.05, 4.69) is 24.5 Å². The molecule has 0 saturated heterocycles. The van der Waals surface area contributed by atoms with E-state index in [0.717, 1.165) is 17.7 Å². The second kappa shape index (κ2) is 13.2. The summed E-state index contributed by atoms with van der Waals surface area (Å²) in [6.07, 6.45) is 4.23. The number of amides is 5. The van der Waals surface area contributed by atoms with Gasteiger partial charge < -0.3 is 20.3 Å². The summed E-state index contributed by atoms with van der Waals surface area (Å²) < 4.78 is 5.58. The molecule has 0 aliphatic carbocycles. The third-order valence-electron chi connectivity index (χ3n) is 6.26. The first-order valence-electron chi connectivity index (χ1n) is 11.8. The molecule has 1 aliphatic heterocycles. The van der Waals surface area contributed by atoms with Crippen molar-refractivity contribution in [3.8, 4) is 0 Å². The van der Waals surface area contributed by atoms with Gasteiger partial charge in [0, 0.05) is 39.3 Å². The van der Waals surface area contributed by atoms with E-state index in [4.69, 9.17) is 4.74 Å². The van der Waals surface area contributed by atoms with Crippen molar-refractivity contribution in [2.45, 2.75) is 78.0 Å². The molecule has 0 spiro atoms. The molecule has 5 amide bonds. The van der Waals surface area contributed by atoms with Gasteiger partial charge in [0.25, 0.3) is 11.8 Å². The molecule has 3 atom stereocenters. The molecule has 0 saturated carbocycles. The van der Waals surface area contributed by atoms with Crippen LogP contribution in [-0.2, 0) is 28.7 Å². The topological polar surface area (TPSA) is 125 Å². The molecule has 3 unspecified atom stereocenters. The zero-order valence-corrected chi connectivity index (χ0v) is 21.5. The van der Waals surface area contributed by atoms with E-state index >= 15 is 0 Å². The summed E-state index contributed by atoms with van der Waals surface area (Å²) in [6.45, 7) is 9.16. The molecule has 34 heavy (non-hydrogen) atoms. The van der Waals surface area contributed by atoms with Crippen molar-refractivity contribution in [3.05, 3.63) is 12.2 Å². The fraction of sp³-hybridized carbons (Fsp3) is 0.708. The number of imide groups is 1. The van der Waals surface area contributed by atoms with Gasteiger partial charge in [-0.2, -0.15) is 0 Å². The number of nitrogens with zero attached hydrogens (tertiary/aromatic N) is 2. The van der Waals surface area contributed by atoms with Crippen LogP contribution in [-0.4, -0.2) is 84.3 Å². The fourth-order valence-corrected chi connectivity index (χ4v) is 3.97. The molecular weight excluding hydrogens is 440 g/mol. The second-order valence-corrected chi connectivity index (χ2v) is 9.18. The lowest BCUT2D eigenvalue weighted by Gasteiger charge is -2.37. The van der Waals surface area contributed by atoms with Crippen molar-refractivity contribution < 1.29 is 28.7 Å². The highest BCUT2D eigenvalue weighted by atomic mass is 16.5. The molecule has 0 aromatic heterocycles. The Morgan fingerprint density at radius 1 is 1.12 bits per heavy atom. The Morgan fingerprint density at radius 3 is 2.21 bits per heavy atom. The van der Waals surface area contributed by atoms with Crippen molar-refractivity contribution in [2.24, 2.45) is 5.92 Å². The Hall–Kier alpha value is -2.75. The van der Waals surface area contributed by atoms with Crippen LogP contribution in [0.4, 0.5) is 0 Å². The summed E-state index contributed by atoms with van der Waals surface area (Å²) in [5, 5.41) is 5.26. The first-order chi connectivity index (χ1) is 15.9. The molecule has 10 heteroatoms. The van der Waals surface area contributed by atoms with E-state index in [1.165, 1.54) is 12.2 Å². The number of methoxy groups -OCH3 is 1. The first-order valence-corrected chi connectivity index (χ1v) is 11.8. The lowest BCUT2D eigenvalue weighted by molar-refractivity contribution is -0.139. The van der Waals surface area contributed by atoms with Gasteiger partial charge in [0.05, 0.1) is 18.7 Å². The first kappa shape index (κ1) is 29.3. The average molecular weight is 481 g/mol. The minimum absolute atomic E-state index is 0.0431. The van der Waals surface area contributed by atoms with E-state index in [0.29, 0.717) is 0 Å². The van der Waals surface area contributed by atoms with Crippen molar-refractivity contribution in [1.82, 2.24) is 20.4 Å². The molecule has 192 valence electrons. The quantitative estimate of drug-likeness (QED) is 0.357. The molecule has 0 aromatic rings. The number of carbonyl (C=O) groups is 5. The molecule has 1 heterocycles. The molecule has 0 radical (unpaired) electrons.